The van der Waals surface area contributed by atoms with Crippen molar-refractivity contribution in [1.29, 1.82) is 0 Å². The van der Waals surface area contributed by atoms with Gasteiger partial charge in [-0.3, -0.25) is 19.3 Å². The number of likely N-dealkylation sites (tertiary alicyclic amines) is 1. The van der Waals surface area contributed by atoms with Crippen LogP contribution in [0.2, 0.25) is 0 Å². The predicted molar refractivity (Wildman–Crippen MR) is 108 cm³/mol. The molecule has 0 bridgehead atoms. The highest BCUT2D eigenvalue weighted by molar-refractivity contribution is 6.10. The SMILES string of the molecule is C[C@@H](C(=O)Nc1ccc(N2CCCCC2)cc1)N1C(=O)[C@H]2CC=CC[C@@H]2C1=O. The number of rotatable bonds is 4. The van der Waals surface area contributed by atoms with E-state index in [1.54, 1.807) is 6.92 Å². The number of amides is 3. The van der Waals surface area contributed by atoms with Gasteiger partial charge in [0, 0.05) is 24.5 Å². The largest absolute Gasteiger partial charge is 0.372 e. The molecule has 3 atom stereocenters. The summed E-state index contributed by atoms with van der Waals surface area (Å²) >= 11 is 0. The molecule has 2 aliphatic heterocycles. The third-order valence-corrected chi connectivity index (χ3v) is 6.16. The summed E-state index contributed by atoms with van der Waals surface area (Å²) in [6.45, 7) is 3.76. The molecule has 1 aromatic rings. The molecule has 28 heavy (non-hydrogen) atoms. The maximum atomic E-state index is 12.7. The van der Waals surface area contributed by atoms with E-state index in [0.717, 1.165) is 18.8 Å². The lowest BCUT2D eigenvalue weighted by Crippen LogP contribution is -2.46. The van der Waals surface area contributed by atoms with Gasteiger partial charge in [-0.1, -0.05) is 12.2 Å². The van der Waals surface area contributed by atoms with E-state index in [0.29, 0.717) is 18.5 Å². The summed E-state index contributed by atoms with van der Waals surface area (Å²) < 4.78 is 0. The molecule has 3 aliphatic rings. The first-order valence-electron chi connectivity index (χ1n) is 10.2. The highest BCUT2D eigenvalue weighted by Gasteiger charge is 2.50. The van der Waals surface area contributed by atoms with Gasteiger partial charge in [-0.2, -0.15) is 0 Å². The quantitative estimate of drug-likeness (QED) is 0.643. The normalized spacial score (nSPS) is 25.6. The molecule has 6 heteroatoms. The van der Waals surface area contributed by atoms with E-state index in [1.807, 2.05) is 36.4 Å². The highest BCUT2D eigenvalue weighted by atomic mass is 16.2. The Kier molecular flexibility index (Phi) is 5.20. The number of carbonyl (C=O) groups excluding carboxylic acids is 3. The Morgan fingerprint density at radius 2 is 1.54 bits per heavy atom. The molecule has 6 nitrogen and oxygen atoms in total. The van der Waals surface area contributed by atoms with Gasteiger partial charge in [-0.05, 0) is 63.3 Å². The third kappa shape index (κ3) is 3.43. The fraction of sp³-hybridized carbons (Fsp3) is 0.500. The summed E-state index contributed by atoms with van der Waals surface area (Å²) in [7, 11) is 0. The molecule has 1 aliphatic carbocycles. The van der Waals surface area contributed by atoms with E-state index in [2.05, 4.69) is 10.2 Å². The van der Waals surface area contributed by atoms with E-state index in [-0.39, 0.29) is 29.6 Å². The van der Waals surface area contributed by atoms with Crippen LogP contribution in [-0.2, 0) is 14.4 Å². The minimum absolute atomic E-state index is 0.220. The van der Waals surface area contributed by atoms with Crippen molar-refractivity contribution in [3.05, 3.63) is 36.4 Å². The molecule has 1 N–H and O–H groups in total. The second-order valence-corrected chi connectivity index (χ2v) is 7.96. The standard InChI is InChI=1S/C22H27N3O3/c1-15(25-21(27)18-7-3-4-8-19(18)22(25)28)20(26)23-16-9-11-17(12-10-16)24-13-5-2-6-14-24/h3-4,9-12,15,18-19H,2,5-8,13-14H2,1H3,(H,23,26)/t15-,18-,19-/m0/s1. The Bertz CT molecular complexity index is 770. The second kappa shape index (κ2) is 7.78. The molecular formula is C22H27N3O3. The number of imide groups is 1. The molecular weight excluding hydrogens is 354 g/mol. The minimum atomic E-state index is -0.813. The van der Waals surface area contributed by atoms with Crippen LogP contribution in [0.3, 0.4) is 0 Å². The summed E-state index contributed by atoms with van der Waals surface area (Å²) in [5, 5.41) is 2.85. The molecule has 1 aromatic carbocycles. The van der Waals surface area contributed by atoms with Gasteiger partial charge in [-0.25, -0.2) is 0 Å². The van der Waals surface area contributed by atoms with Crippen LogP contribution < -0.4 is 10.2 Å². The topological polar surface area (TPSA) is 69.7 Å². The summed E-state index contributed by atoms with van der Waals surface area (Å²) in [6.07, 6.45) is 8.77. The van der Waals surface area contributed by atoms with Crippen molar-refractivity contribution in [2.45, 2.75) is 45.1 Å². The maximum Gasteiger partial charge on any atom is 0.247 e. The minimum Gasteiger partial charge on any atom is -0.372 e. The van der Waals surface area contributed by atoms with Gasteiger partial charge < -0.3 is 10.2 Å². The molecule has 0 aromatic heterocycles. The van der Waals surface area contributed by atoms with Crippen LogP contribution in [0.15, 0.2) is 36.4 Å². The van der Waals surface area contributed by atoms with Crippen LogP contribution >= 0.6 is 0 Å². The van der Waals surface area contributed by atoms with Crippen molar-refractivity contribution in [2.75, 3.05) is 23.3 Å². The zero-order valence-corrected chi connectivity index (χ0v) is 16.3. The van der Waals surface area contributed by atoms with Gasteiger partial charge in [0.15, 0.2) is 0 Å². The van der Waals surface area contributed by atoms with Crippen molar-refractivity contribution < 1.29 is 14.4 Å². The number of hydrogen-bond acceptors (Lipinski definition) is 4. The van der Waals surface area contributed by atoms with Gasteiger partial charge in [0.05, 0.1) is 11.8 Å². The van der Waals surface area contributed by atoms with Crippen molar-refractivity contribution in [2.24, 2.45) is 11.8 Å². The van der Waals surface area contributed by atoms with Crippen LogP contribution in [0.4, 0.5) is 11.4 Å². The van der Waals surface area contributed by atoms with Crippen molar-refractivity contribution in [3.8, 4) is 0 Å². The number of allylic oxidation sites excluding steroid dienone is 2. The molecule has 2 fully saturated rings. The van der Waals surface area contributed by atoms with Gasteiger partial charge >= 0.3 is 0 Å². The van der Waals surface area contributed by atoms with Crippen LogP contribution in [0.1, 0.15) is 39.0 Å². The number of fused-ring (bicyclic) bond motifs is 1. The summed E-state index contributed by atoms with van der Waals surface area (Å²) in [5.41, 5.74) is 1.84. The first kappa shape index (κ1) is 18.7. The van der Waals surface area contributed by atoms with Gasteiger partial charge in [-0.15, -0.1) is 0 Å². The van der Waals surface area contributed by atoms with Gasteiger partial charge in [0.2, 0.25) is 17.7 Å². The number of benzene rings is 1. The monoisotopic (exact) mass is 381 g/mol. The second-order valence-electron chi connectivity index (χ2n) is 7.96. The molecule has 2 saturated heterocycles. The molecule has 0 radical (unpaired) electrons. The van der Waals surface area contributed by atoms with E-state index >= 15 is 0 Å². The van der Waals surface area contributed by atoms with Gasteiger partial charge in [0.25, 0.3) is 0 Å². The number of hydrogen-bond donors (Lipinski definition) is 1. The lowest BCUT2D eigenvalue weighted by Gasteiger charge is -2.29. The van der Waals surface area contributed by atoms with Crippen LogP contribution in [-0.4, -0.2) is 41.8 Å². The number of nitrogens with one attached hydrogen (secondary N) is 1. The van der Waals surface area contributed by atoms with Crippen molar-refractivity contribution >= 4 is 29.1 Å². The number of nitrogens with zero attached hydrogens (tertiary/aromatic N) is 2. The Hall–Kier alpha value is -2.63. The summed E-state index contributed by atoms with van der Waals surface area (Å²) in [6, 6.07) is 6.97. The average molecular weight is 381 g/mol. The zero-order chi connectivity index (χ0) is 19.7. The smallest absolute Gasteiger partial charge is 0.247 e. The fourth-order valence-corrected chi connectivity index (χ4v) is 4.48. The molecule has 3 amide bonds. The van der Waals surface area contributed by atoms with Crippen LogP contribution in [0.25, 0.3) is 0 Å². The molecule has 148 valence electrons. The Balaban J connectivity index is 1.40. The lowest BCUT2D eigenvalue weighted by molar-refractivity contribution is -0.146. The highest BCUT2D eigenvalue weighted by Crippen LogP contribution is 2.36. The van der Waals surface area contributed by atoms with Gasteiger partial charge in [0.1, 0.15) is 6.04 Å². The fourth-order valence-electron chi connectivity index (χ4n) is 4.48. The molecule has 0 spiro atoms. The van der Waals surface area contributed by atoms with Crippen molar-refractivity contribution in [3.63, 3.8) is 0 Å². The third-order valence-electron chi connectivity index (χ3n) is 6.16. The molecule has 0 saturated carbocycles. The number of carbonyl (C=O) groups is 3. The van der Waals surface area contributed by atoms with E-state index in [1.165, 1.54) is 24.2 Å². The van der Waals surface area contributed by atoms with E-state index in [9.17, 15) is 14.4 Å². The van der Waals surface area contributed by atoms with Crippen molar-refractivity contribution in [1.82, 2.24) is 4.90 Å². The first-order valence-corrected chi connectivity index (χ1v) is 10.2. The van der Waals surface area contributed by atoms with E-state index < -0.39 is 6.04 Å². The summed E-state index contributed by atoms with van der Waals surface area (Å²) in [5.74, 6) is -1.39. The Morgan fingerprint density at radius 1 is 0.964 bits per heavy atom. The van der Waals surface area contributed by atoms with Crippen LogP contribution in [0.5, 0.6) is 0 Å². The Morgan fingerprint density at radius 3 is 2.11 bits per heavy atom. The molecule has 0 unspecified atom stereocenters. The molecule has 2 heterocycles. The predicted octanol–water partition coefficient (Wildman–Crippen LogP) is 2.96. The number of piperidine rings is 1. The Labute approximate surface area is 165 Å². The van der Waals surface area contributed by atoms with E-state index in [4.69, 9.17) is 0 Å². The number of anilines is 2. The lowest BCUT2D eigenvalue weighted by atomic mass is 9.85. The maximum absolute atomic E-state index is 12.7. The van der Waals surface area contributed by atoms with Crippen LogP contribution in [0, 0.1) is 11.8 Å². The average Bonchev–Trinajstić information content (AvgIpc) is 2.99. The zero-order valence-electron chi connectivity index (χ0n) is 16.3. The summed E-state index contributed by atoms with van der Waals surface area (Å²) in [4.78, 5) is 41.5. The molecule has 4 rings (SSSR count). The first-order chi connectivity index (χ1) is 13.6.